The third-order valence-electron chi connectivity index (χ3n) is 4.41. The van der Waals surface area contributed by atoms with Gasteiger partial charge in [0, 0.05) is 23.3 Å². The van der Waals surface area contributed by atoms with Crippen molar-refractivity contribution in [1.29, 1.82) is 0 Å². The van der Waals surface area contributed by atoms with Gasteiger partial charge in [-0.2, -0.15) is 0 Å². The van der Waals surface area contributed by atoms with Crippen molar-refractivity contribution in [2.45, 2.75) is 68.8 Å². The van der Waals surface area contributed by atoms with Crippen molar-refractivity contribution in [3.05, 3.63) is 0 Å². The normalized spacial score (nSPS) is 39.0. The van der Waals surface area contributed by atoms with Gasteiger partial charge in [-0.15, -0.1) is 0 Å². The summed E-state index contributed by atoms with van der Waals surface area (Å²) in [6, 6.07) is 0.169. The maximum absolute atomic E-state index is 12.1. The van der Waals surface area contributed by atoms with Gasteiger partial charge < -0.3 is 10.4 Å². The molecular weight excluding hydrogens is 298 g/mol. The Morgan fingerprint density at radius 3 is 2.50 bits per heavy atom. The average molecular weight is 319 g/mol. The van der Waals surface area contributed by atoms with Crippen LogP contribution in [0.3, 0.4) is 0 Å². The van der Waals surface area contributed by atoms with Crippen LogP contribution in [-0.4, -0.2) is 36.7 Å². The van der Waals surface area contributed by atoms with Crippen LogP contribution in [0.5, 0.6) is 0 Å². The molecule has 0 bridgehead atoms. The molecule has 0 radical (unpaired) electrons. The molecule has 1 heterocycles. The van der Waals surface area contributed by atoms with Crippen LogP contribution in [0.25, 0.3) is 0 Å². The van der Waals surface area contributed by atoms with E-state index >= 15 is 0 Å². The Bertz CT molecular complexity index is 446. The summed E-state index contributed by atoms with van der Waals surface area (Å²) in [5.41, 5.74) is -1.73. The van der Waals surface area contributed by atoms with Gasteiger partial charge in [-0.25, -0.2) is 4.21 Å². The number of hydrogen-bond donors (Lipinski definition) is 2. The highest BCUT2D eigenvalue weighted by Gasteiger charge is 2.61. The Balaban J connectivity index is 2.02. The van der Waals surface area contributed by atoms with Gasteiger partial charge in [-0.05, 0) is 26.7 Å². The fourth-order valence-electron chi connectivity index (χ4n) is 2.68. The van der Waals surface area contributed by atoms with E-state index in [1.54, 1.807) is 6.92 Å². The van der Waals surface area contributed by atoms with Gasteiger partial charge in [0.1, 0.15) is 5.60 Å². The van der Waals surface area contributed by atoms with Crippen LogP contribution in [0.4, 0.5) is 0 Å². The van der Waals surface area contributed by atoms with Crippen molar-refractivity contribution in [3.8, 4) is 0 Å². The summed E-state index contributed by atoms with van der Waals surface area (Å²) in [6.07, 6.45) is 5.27. The largest absolute Gasteiger partial charge is 0.380 e. The third kappa shape index (κ3) is 2.80. The van der Waals surface area contributed by atoms with Crippen LogP contribution in [0.2, 0.25) is 0 Å². The van der Waals surface area contributed by atoms with Crippen LogP contribution in [0, 0.1) is 0 Å². The number of nitrogens with one attached hydrogen (secondary N) is 1. The van der Waals surface area contributed by atoms with E-state index < -0.39 is 25.3 Å². The molecular formula is C13H21NO4S2. The molecule has 5 nitrogen and oxygen atoms in total. The molecule has 1 saturated heterocycles. The maximum Gasteiger partial charge on any atom is 0.234 e. The molecule has 2 rings (SSSR count). The van der Waals surface area contributed by atoms with E-state index in [2.05, 4.69) is 5.32 Å². The number of carbonyl (C=O) groups is 2. The van der Waals surface area contributed by atoms with Crippen molar-refractivity contribution in [3.63, 3.8) is 0 Å². The summed E-state index contributed by atoms with van der Waals surface area (Å²) < 4.78 is 10.8. The lowest BCUT2D eigenvalue weighted by Crippen LogP contribution is -2.54. The zero-order valence-corrected chi connectivity index (χ0v) is 13.4. The smallest absolute Gasteiger partial charge is 0.234 e. The highest BCUT2D eigenvalue weighted by Crippen LogP contribution is 2.46. The molecule has 0 aromatic rings. The molecule has 3 atom stereocenters. The fraction of sp³-hybridized carbons (Fsp3) is 0.846. The second-order valence-corrected chi connectivity index (χ2v) is 9.30. The number of aliphatic hydroxyl groups is 1. The van der Waals surface area contributed by atoms with Gasteiger partial charge in [0.25, 0.3) is 0 Å². The van der Waals surface area contributed by atoms with Crippen molar-refractivity contribution >= 4 is 31.6 Å². The number of rotatable bonds is 3. The van der Waals surface area contributed by atoms with Crippen molar-refractivity contribution in [2.24, 2.45) is 0 Å². The molecule has 2 fully saturated rings. The lowest BCUT2D eigenvalue weighted by Gasteiger charge is -2.32. The van der Waals surface area contributed by atoms with E-state index in [1.807, 2.05) is 0 Å². The minimum absolute atomic E-state index is 0.0954. The highest BCUT2D eigenvalue weighted by molar-refractivity contribution is 8.76. The summed E-state index contributed by atoms with van der Waals surface area (Å²) >= 11 is 0. The second kappa shape index (κ2) is 5.77. The molecule has 1 aliphatic carbocycles. The monoisotopic (exact) mass is 319 g/mol. The topological polar surface area (TPSA) is 83.5 Å². The standard InChI is InChI=1S/C13H21NO4S2/c1-12(13(2,17)11(16)19-20(12)18)8-10(15)14-9-6-4-3-5-7-9/h9,17H,3-8H2,1-2H3,(H,14,15)/t12-,13+,20?/m1/s1. The van der Waals surface area contributed by atoms with Gasteiger partial charge in [-0.3, -0.25) is 9.59 Å². The molecule has 1 saturated carbocycles. The number of amides is 1. The molecule has 1 unspecified atom stereocenters. The first-order valence-corrected chi connectivity index (χ1v) is 9.42. The van der Waals surface area contributed by atoms with E-state index in [1.165, 1.54) is 13.3 Å². The average Bonchev–Trinajstić information content (AvgIpc) is 2.51. The Morgan fingerprint density at radius 1 is 1.40 bits per heavy atom. The summed E-state index contributed by atoms with van der Waals surface area (Å²) in [6.45, 7) is 2.89. The zero-order valence-electron chi connectivity index (χ0n) is 11.8. The Morgan fingerprint density at radius 2 is 2.00 bits per heavy atom. The van der Waals surface area contributed by atoms with Crippen LogP contribution in [-0.2, 0) is 19.4 Å². The van der Waals surface area contributed by atoms with Gasteiger partial charge >= 0.3 is 0 Å². The SMILES string of the molecule is C[C@]1(O)C(=O)SS(=O)[C@]1(C)CC(=O)NC1CCCCC1. The zero-order chi connectivity index (χ0) is 15.0. The predicted octanol–water partition coefficient (Wildman–Crippen LogP) is 1.27. The van der Waals surface area contributed by atoms with E-state index in [-0.39, 0.29) is 18.4 Å². The van der Waals surface area contributed by atoms with E-state index in [0.717, 1.165) is 25.7 Å². The van der Waals surface area contributed by atoms with Gasteiger partial charge in [0.15, 0.2) is 0 Å². The van der Waals surface area contributed by atoms with Crippen molar-refractivity contribution in [2.75, 3.05) is 0 Å². The molecule has 2 N–H and O–H groups in total. The Kier molecular flexibility index (Phi) is 4.61. The van der Waals surface area contributed by atoms with Crippen LogP contribution in [0.15, 0.2) is 0 Å². The molecule has 0 aromatic heterocycles. The molecule has 7 heteroatoms. The van der Waals surface area contributed by atoms with Crippen LogP contribution >= 0.6 is 10.8 Å². The van der Waals surface area contributed by atoms with Crippen molar-refractivity contribution < 1.29 is 18.9 Å². The highest BCUT2D eigenvalue weighted by atomic mass is 33.1. The number of hydrogen-bond acceptors (Lipinski definition) is 5. The summed E-state index contributed by atoms with van der Waals surface area (Å²) in [4.78, 5) is 23.8. The van der Waals surface area contributed by atoms with Gasteiger partial charge in [0.05, 0.1) is 14.6 Å². The summed E-state index contributed by atoms with van der Waals surface area (Å²) in [5, 5.41) is 12.7. The molecule has 2 aliphatic rings. The first-order chi connectivity index (χ1) is 9.27. The lowest BCUT2D eigenvalue weighted by molar-refractivity contribution is -0.131. The number of carbonyl (C=O) groups excluding carboxylic acids is 2. The molecule has 20 heavy (non-hydrogen) atoms. The Hall–Kier alpha value is -0.400. The molecule has 1 aliphatic heterocycles. The van der Waals surface area contributed by atoms with E-state index in [0.29, 0.717) is 10.8 Å². The van der Waals surface area contributed by atoms with Crippen molar-refractivity contribution in [1.82, 2.24) is 5.32 Å². The van der Waals surface area contributed by atoms with Gasteiger partial charge in [-0.1, -0.05) is 19.3 Å². The maximum atomic E-state index is 12.1. The molecule has 114 valence electrons. The molecule has 1 amide bonds. The quantitative estimate of drug-likeness (QED) is 0.766. The third-order valence-corrected chi connectivity index (χ3v) is 8.40. The first kappa shape index (κ1) is 16.0. The Labute approximate surface area is 125 Å². The lowest BCUT2D eigenvalue weighted by atomic mass is 9.87. The fourth-order valence-corrected chi connectivity index (χ4v) is 6.24. The molecule has 0 aromatic carbocycles. The summed E-state index contributed by atoms with van der Waals surface area (Å²) in [7, 11) is -0.971. The van der Waals surface area contributed by atoms with Crippen LogP contribution in [0.1, 0.15) is 52.4 Å². The minimum Gasteiger partial charge on any atom is -0.380 e. The van der Waals surface area contributed by atoms with Gasteiger partial charge in [0.2, 0.25) is 11.0 Å². The summed E-state index contributed by atoms with van der Waals surface area (Å²) in [5.74, 6) is -0.233. The minimum atomic E-state index is -1.73. The van der Waals surface area contributed by atoms with E-state index in [9.17, 15) is 18.9 Å². The predicted molar refractivity (Wildman–Crippen MR) is 79.4 cm³/mol. The second-order valence-electron chi connectivity index (χ2n) is 5.99. The van der Waals surface area contributed by atoms with Crippen LogP contribution < -0.4 is 5.32 Å². The van der Waals surface area contributed by atoms with E-state index in [4.69, 9.17) is 0 Å². The first-order valence-electron chi connectivity index (χ1n) is 6.94. The molecule has 0 spiro atoms.